The van der Waals surface area contributed by atoms with E-state index >= 15 is 0 Å². The maximum atomic E-state index is 12.9. The molecule has 0 spiro atoms. The molecule has 0 aliphatic rings. The third kappa shape index (κ3) is 68.8. The number of rotatable bonds is 67. The highest BCUT2D eigenvalue weighted by atomic mass is 31.2. The molecule has 0 N–H and O–H groups in total. The van der Waals surface area contributed by atoms with Gasteiger partial charge in [0.05, 0.1) is 27.7 Å². The molecule has 2 unspecified atom stereocenters. The molecule has 9 nitrogen and oxygen atoms in total. The van der Waals surface area contributed by atoms with Gasteiger partial charge in [0.1, 0.15) is 19.8 Å². The fourth-order valence-corrected chi connectivity index (χ4v) is 11.3. The Balaban J connectivity index is 3.95. The monoisotopic (exact) mass is 1200 g/mol. The summed E-state index contributed by atoms with van der Waals surface area (Å²) in [5, 5.41) is 0. The number of carbonyl (C=O) groups excluding carboxylic acids is 2. The lowest BCUT2D eigenvalue weighted by Crippen LogP contribution is -2.37. The van der Waals surface area contributed by atoms with Crippen molar-refractivity contribution >= 4 is 19.8 Å². The van der Waals surface area contributed by atoms with Crippen molar-refractivity contribution in [3.05, 3.63) is 60.8 Å². The van der Waals surface area contributed by atoms with Gasteiger partial charge in [-0.1, -0.05) is 319 Å². The number of hydrogen-bond donors (Lipinski definition) is 0. The van der Waals surface area contributed by atoms with Crippen molar-refractivity contribution in [2.75, 3.05) is 47.5 Å². The Kier molecular flexibility index (Phi) is 63.4. The summed E-state index contributed by atoms with van der Waals surface area (Å²) in [7, 11) is 1.18. The second-order valence-electron chi connectivity index (χ2n) is 25.6. The van der Waals surface area contributed by atoms with Crippen LogP contribution < -0.4 is 4.89 Å². The Morgan fingerprint density at radius 2 is 0.679 bits per heavy atom. The predicted octanol–water partition coefficient (Wildman–Crippen LogP) is 22.8. The van der Waals surface area contributed by atoms with Crippen LogP contribution in [0.5, 0.6) is 0 Å². The van der Waals surface area contributed by atoms with E-state index in [1.54, 1.807) is 0 Å². The standard InChI is InChI=1S/C74H138NO8P/c1-6-8-10-12-14-16-18-20-22-24-26-28-30-31-32-33-34-35-36-37-38-39-40-41-42-43-45-47-49-51-53-55-57-59-61-63-65-67-74(77)83-72(71-82-84(78,79)81-69-68-75(3,4)5)70-80-73(76)66-64-62-60-58-56-54-52-50-48-46-44-29-27-25-23-21-19-17-15-13-11-9-7-2/h8,10,14,16,20,22,25-28,72H,6-7,9,11-13,15,17-19,21,23-24,29-71H2,1-5H3/b10-8-,16-14-,22-20-,27-25-,28-26-. The molecule has 0 aromatic rings. The maximum Gasteiger partial charge on any atom is 0.306 e. The molecule has 0 heterocycles. The van der Waals surface area contributed by atoms with E-state index in [-0.39, 0.29) is 32.0 Å². The number of allylic oxidation sites excluding steroid dienone is 10. The van der Waals surface area contributed by atoms with Crippen molar-refractivity contribution in [2.24, 2.45) is 0 Å². The largest absolute Gasteiger partial charge is 0.756 e. The Hall–Kier alpha value is -2.29. The van der Waals surface area contributed by atoms with Gasteiger partial charge in [-0.3, -0.25) is 14.2 Å². The molecular formula is C74H138NO8P. The Morgan fingerprint density at radius 1 is 0.381 bits per heavy atom. The zero-order valence-electron chi connectivity index (χ0n) is 56.1. The van der Waals surface area contributed by atoms with Gasteiger partial charge in [0.2, 0.25) is 0 Å². The van der Waals surface area contributed by atoms with Gasteiger partial charge in [-0.15, -0.1) is 0 Å². The summed E-state index contributed by atoms with van der Waals surface area (Å²) in [5.41, 5.74) is 0. The van der Waals surface area contributed by atoms with Crippen molar-refractivity contribution in [1.29, 1.82) is 0 Å². The quantitative estimate of drug-likeness (QED) is 0.0195. The van der Waals surface area contributed by atoms with E-state index in [4.69, 9.17) is 18.5 Å². The van der Waals surface area contributed by atoms with Crippen LogP contribution in [0.15, 0.2) is 60.8 Å². The van der Waals surface area contributed by atoms with E-state index in [1.807, 2.05) is 21.1 Å². The topological polar surface area (TPSA) is 111 Å². The highest BCUT2D eigenvalue weighted by Crippen LogP contribution is 2.38. The Morgan fingerprint density at radius 3 is 1.02 bits per heavy atom. The lowest BCUT2D eigenvalue weighted by molar-refractivity contribution is -0.870. The van der Waals surface area contributed by atoms with E-state index in [1.165, 1.54) is 257 Å². The first-order valence-corrected chi connectivity index (χ1v) is 37.5. The molecule has 2 atom stereocenters. The van der Waals surface area contributed by atoms with Gasteiger partial charge < -0.3 is 27.9 Å². The summed E-state index contributed by atoms with van der Waals surface area (Å²) in [6.07, 6.45) is 86.0. The summed E-state index contributed by atoms with van der Waals surface area (Å²) in [6.45, 7) is 4.18. The Labute approximate surface area is 521 Å². The van der Waals surface area contributed by atoms with Crippen molar-refractivity contribution < 1.29 is 42.1 Å². The van der Waals surface area contributed by atoms with Crippen LogP contribution >= 0.6 is 7.82 Å². The van der Waals surface area contributed by atoms with Gasteiger partial charge in [-0.05, 0) is 77.0 Å². The lowest BCUT2D eigenvalue weighted by Gasteiger charge is -2.28. The number of esters is 2. The van der Waals surface area contributed by atoms with Gasteiger partial charge in [0, 0.05) is 12.8 Å². The third-order valence-electron chi connectivity index (χ3n) is 16.0. The van der Waals surface area contributed by atoms with Crippen LogP contribution in [-0.2, 0) is 32.7 Å². The molecular weight excluding hydrogens is 1060 g/mol. The number of unbranched alkanes of at least 4 members (excludes halogenated alkanes) is 43. The molecule has 0 fully saturated rings. The maximum absolute atomic E-state index is 12.9. The van der Waals surface area contributed by atoms with E-state index in [0.29, 0.717) is 17.4 Å². The number of carbonyl (C=O) groups is 2. The number of phosphoric acid groups is 1. The zero-order valence-corrected chi connectivity index (χ0v) is 57.0. The molecule has 492 valence electrons. The fourth-order valence-electron chi connectivity index (χ4n) is 10.5. The lowest BCUT2D eigenvalue weighted by atomic mass is 10.0. The normalized spacial score (nSPS) is 13.5. The van der Waals surface area contributed by atoms with Gasteiger partial charge in [-0.25, -0.2) is 0 Å². The number of hydrogen-bond acceptors (Lipinski definition) is 8. The minimum absolute atomic E-state index is 0.0291. The van der Waals surface area contributed by atoms with E-state index in [2.05, 4.69) is 74.6 Å². The summed E-state index contributed by atoms with van der Waals surface area (Å²) < 4.78 is 34.3. The van der Waals surface area contributed by atoms with Crippen LogP contribution in [0.4, 0.5) is 0 Å². The van der Waals surface area contributed by atoms with E-state index in [0.717, 1.165) is 57.8 Å². The second kappa shape index (κ2) is 65.2. The number of nitrogens with zero attached hydrogens (tertiary/aromatic N) is 1. The molecule has 0 aliphatic heterocycles. The molecule has 10 heteroatoms. The van der Waals surface area contributed by atoms with Gasteiger partial charge >= 0.3 is 11.9 Å². The number of ether oxygens (including phenoxy) is 2. The number of phosphoric ester groups is 1. The van der Waals surface area contributed by atoms with Crippen molar-refractivity contribution in [2.45, 2.75) is 354 Å². The summed E-state index contributed by atoms with van der Waals surface area (Å²) in [5.74, 6) is -0.816. The molecule has 0 aromatic carbocycles. The summed E-state index contributed by atoms with van der Waals surface area (Å²) in [6, 6.07) is 0. The summed E-state index contributed by atoms with van der Waals surface area (Å²) >= 11 is 0. The first kappa shape index (κ1) is 81.7. The fraction of sp³-hybridized carbons (Fsp3) is 0.838. The molecule has 0 rings (SSSR count). The average molecular weight is 1200 g/mol. The van der Waals surface area contributed by atoms with Crippen molar-refractivity contribution in [3.8, 4) is 0 Å². The summed E-state index contributed by atoms with van der Waals surface area (Å²) in [4.78, 5) is 38.1. The molecule has 0 amide bonds. The molecule has 0 aromatic heterocycles. The average Bonchev–Trinajstić information content (AvgIpc) is 3.61. The van der Waals surface area contributed by atoms with E-state index < -0.39 is 26.5 Å². The van der Waals surface area contributed by atoms with Crippen LogP contribution in [0, 0.1) is 0 Å². The molecule has 0 aliphatic carbocycles. The van der Waals surface area contributed by atoms with Crippen LogP contribution in [-0.4, -0.2) is 70.0 Å². The first-order valence-electron chi connectivity index (χ1n) is 36.0. The third-order valence-corrected chi connectivity index (χ3v) is 17.0. The number of quaternary nitrogens is 1. The highest BCUT2D eigenvalue weighted by molar-refractivity contribution is 7.45. The van der Waals surface area contributed by atoms with Gasteiger partial charge in [0.15, 0.2) is 6.10 Å². The van der Waals surface area contributed by atoms with Gasteiger partial charge in [-0.2, -0.15) is 0 Å². The molecule has 84 heavy (non-hydrogen) atoms. The number of likely N-dealkylation sites (N-methyl/N-ethyl adjacent to an activating group) is 1. The highest BCUT2D eigenvalue weighted by Gasteiger charge is 2.22. The smallest absolute Gasteiger partial charge is 0.306 e. The Bertz CT molecular complexity index is 1600. The minimum atomic E-state index is -4.64. The second-order valence-corrected chi connectivity index (χ2v) is 27.0. The molecule has 0 radical (unpaired) electrons. The minimum Gasteiger partial charge on any atom is -0.756 e. The molecule has 0 bridgehead atoms. The van der Waals surface area contributed by atoms with Crippen LogP contribution in [0.1, 0.15) is 348 Å². The SMILES string of the molecule is CC/C=C\C/C=C\C/C=C\C/C=C\CCCCCCCCCCCCCCCCCCCCCCCCCCC(=O)OC(COC(=O)CCCCCCCCCCCCC/C=C\CCCCCCCCCC)COP(=O)([O-])OCC[N+](C)(C)C. The zero-order chi connectivity index (χ0) is 61.2. The first-order chi connectivity index (χ1) is 41.0. The van der Waals surface area contributed by atoms with E-state index in [9.17, 15) is 19.0 Å². The molecule has 0 saturated carbocycles. The van der Waals surface area contributed by atoms with Crippen LogP contribution in [0.2, 0.25) is 0 Å². The van der Waals surface area contributed by atoms with Crippen LogP contribution in [0.3, 0.4) is 0 Å². The van der Waals surface area contributed by atoms with Crippen molar-refractivity contribution in [1.82, 2.24) is 0 Å². The van der Waals surface area contributed by atoms with Crippen LogP contribution in [0.25, 0.3) is 0 Å². The van der Waals surface area contributed by atoms with Gasteiger partial charge in [0.25, 0.3) is 7.82 Å². The predicted molar refractivity (Wildman–Crippen MR) is 360 cm³/mol. The molecule has 0 saturated heterocycles. The van der Waals surface area contributed by atoms with Crippen molar-refractivity contribution in [3.63, 3.8) is 0 Å².